The van der Waals surface area contributed by atoms with Crippen molar-refractivity contribution in [2.75, 3.05) is 29.0 Å². The lowest BCUT2D eigenvalue weighted by Crippen LogP contribution is -2.17. The van der Waals surface area contributed by atoms with Crippen LogP contribution in [0.1, 0.15) is 12.8 Å². The van der Waals surface area contributed by atoms with Gasteiger partial charge in [0.05, 0.1) is 0 Å². The second-order valence-electron chi connectivity index (χ2n) is 4.81. The molecular weight excluding hydrogens is 236 g/mol. The van der Waals surface area contributed by atoms with Crippen molar-refractivity contribution in [1.82, 2.24) is 4.98 Å². The number of hydrogen-bond donors (Lipinski definition) is 2. The molecule has 0 bridgehead atoms. The molecule has 0 saturated carbocycles. The third-order valence-corrected chi connectivity index (χ3v) is 3.38. The van der Waals surface area contributed by atoms with Crippen LogP contribution in [0, 0.1) is 0 Å². The van der Waals surface area contributed by atoms with Crippen LogP contribution in [0.15, 0.2) is 42.5 Å². The first kappa shape index (κ1) is 11.8. The third kappa shape index (κ3) is 2.78. The van der Waals surface area contributed by atoms with E-state index >= 15 is 0 Å². The molecule has 0 atom stereocenters. The Morgan fingerprint density at radius 1 is 1.00 bits per heavy atom. The van der Waals surface area contributed by atoms with Gasteiger partial charge in [0.2, 0.25) is 0 Å². The summed E-state index contributed by atoms with van der Waals surface area (Å²) < 4.78 is 0. The van der Waals surface area contributed by atoms with E-state index < -0.39 is 0 Å². The number of benzene rings is 1. The maximum absolute atomic E-state index is 5.66. The summed E-state index contributed by atoms with van der Waals surface area (Å²) in [6, 6.07) is 14.0. The number of nitrogen functional groups attached to an aromatic ring is 1. The van der Waals surface area contributed by atoms with E-state index in [-0.39, 0.29) is 0 Å². The second-order valence-corrected chi connectivity index (χ2v) is 4.81. The number of nitrogens with two attached hydrogens (primary N) is 1. The Labute approximate surface area is 113 Å². The number of anilines is 4. The predicted octanol–water partition coefficient (Wildman–Crippen LogP) is 3.01. The van der Waals surface area contributed by atoms with Gasteiger partial charge in [-0.3, -0.25) is 0 Å². The smallest absolute Gasteiger partial charge is 0.132 e. The molecule has 3 N–H and O–H groups in total. The van der Waals surface area contributed by atoms with Gasteiger partial charge in [-0.1, -0.05) is 6.07 Å². The van der Waals surface area contributed by atoms with Crippen LogP contribution < -0.4 is 16.0 Å². The SMILES string of the molecule is Nc1cccc(Nc2ccc(N3CCCC3)cc2)n1. The Hall–Kier alpha value is -2.23. The van der Waals surface area contributed by atoms with Crippen molar-refractivity contribution in [3.8, 4) is 0 Å². The van der Waals surface area contributed by atoms with E-state index in [0.29, 0.717) is 5.82 Å². The molecule has 19 heavy (non-hydrogen) atoms. The monoisotopic (exact) mass is 254 g/mol. The van der Waals surface area contributed by atoms with Crippen LogP contribution >= 0.6 is 0 Å². The minimum atomic E-state index is 0.527. The van der Waals surface area contributed by atoms with Crippen molar-refractivity contribution in [1.29, 1.82) is 0 Å². The molecule has 0 unspecified atom stereocenters. The fraction of sp³-hybridized carbons (Fsp3) is 0.267. The Bertz CT molecular complexity index is 544. The first-order valence-electron chi connectivity index (χ1n) is 6.66. The number of pyridine rings is 1. The van der Waals surface area contributed by atoms with Crippen molar-refractivity contribution < 1.29 is 0 Å². The fourth-order valence-corrected chi connectivity index (χ4v) is 2.40. The van der Waals surface area contributed by atoms with Crippen molar-refractivity contribution in [3.05, 3.63) is 42.5 Å². The molecule has 4 heteroatoms. The average molecular weight is 254 g/mol. The Kier molecular flexibility index (Phi) is 3.23. The quantitative estimate of drug-likeness (QED) is 0.884. The maximum Gasteiger partial charge on any atom is 0.132 e. The number of hydrogen-bond acceptors (Lipinski definition) is 4. The van der Waals surface area contributed by atoms with Crippen LogP contribution in [0.5, 0.6) is 0 Å². The molecule has 1 aliphatic heterocycles. The highest BCUT2D eigenvalue weighted by Crippen LogP contribution is 2.23. The summed E-state index contributed by atoms with van der Waals surface area (Å²) in [7, 11) is 0. The topological polar surface area (TPSA) is 54.2 Å². The van der Waals surface area contributed by atoms with E-state index in [1.54, 1.807) is 6.07 Å². The summed E-state index contributed by atoms with van der Waals surface area (Å²) in [5.41, 5.74) is 7.99. The highest BCUT2D eigenvalue weighted by Gasteiger charge is 2.11. The van der Waals surface area contributed by atoms with E-state index in [2.05, 4.69) is 39.5 Å². The van der Waals surface area contributed by atoms with Crippen LogP contribution in [0.25, 0.3) is 0 Å². The minimum absolute atomic E-state index is 0.527. The van der Waals surface area contributed by atoms with E-state index in [9.17, 15) is 0 Å². The molecule has 1 aromatic carbocycles. The van der Waals surface area contributed by atoms with Gasteiger partial charge >= 0.3 is 0 Å². The summed E-state index contributed by atoms with van der Waals surface area (Å²) >= 11 is 0. The van der Waals surface area contributed by atoms with E-state index in [0.717, 1.165) is 11.5 Å². The van der Waals surface area contributed by atoms with Gasteiger partial charge in [-0.05, 0) is 49.2 Å². The molecule has 0 amide bonds. The van der Waals surface area contributed by atoms with Crippen LogP contribution in [0.4, 0.5) is 23.0 Å². The Morgan fingerprint density at radius 3 is 2.42 bits per heavy atom. The molecule has 0 aliphatic carbocycles. The summed E-state index contributed by atoms with van der Waals surface area (Å²) in [6.07, 6.45) is 2.60. The molecule has 1 fully saturated rings. The Morgan fingerprint density at radius 2 is 1.74 bits per heavy atom. The van der Waals surface area contributed by atoms with Crippen molar-refractivity contribution >= 4 is 23.0 Å². The molecule has 0 spiro atoms. The van der Waals surface area contributed by atoms with Gasteiger partial charge in [-0.15, -0.1) is 0 Å². The van der Waals surface area contributed by atoms with Crippen molar-refractivity contribution in [2.45, 2.75) is 12.8 Å². The molecular formula is C15H18N4. The van der Waals surface area contributed by atoms with E-state index in [4.69, 9.17) is 5.73 Å². The molecule has 4 nitrogen and oxygen atoms in total. The number of nitrogens with one attached hydrogen (secondary N) is 1. The molecule has 1 aliphatic rings. The first-order valence-corrected chi connectivity index (χ1v) is 6.66. The van der Waals surface area contributed by atoms with E-state index in [1.165, 1.54) is 31.6 Å². The molecule has 3 rings (SSSR count). The summed E-state index contributed by atoms with van der Waals surface area (Å²) in [4.78, 5) is 6.64. The Balaban J connectivity index is 1.72. The van der Waals surface area contributed by atoms with Gasteiger partial charge in [-0.25, -0.2) is 4.98 Å². The lowest BCUT2D eigenvalue weighted by Gasteiger charge is -2.17. The number of nitrogens with zero attached hydrogens (tertiary/aromatic N) is 2. The molecule has 1 aromatic heterocycles. The fourth-order valence-electron chi connectivity index (χ4n) is 2.40. The first-order chi connectivity index (χ1) is 9.31. The van der Waals surface area contributed by atoms with E-state index in [1.807, 2.05) is 12.1 Å². The molecule has 0 radical (unpaired) electrons. The molecule has 2 heterocycles. The number of aromatic nitrogens is 1. The lowest BCUT2D eigenvalue weighted by atomic mass is 10.2. The largest absolute Gasteiger partial charge is 0.384 e. The third-order valence-electron chi connectivity index (χ3n) is 3.38. The zero-order valence-corrected chi connectivity index (χ0v) is 10.8. The highest BCUT2D eigenvalue weighted by molar-refractivity contribution is 5.61. The van der Waals surface area contributed by atoms with Crippen LogP contribution in [0.3, 0.4) is 0 Å². The average Bonchev–Trinajstić information content (AvgIpc) is 2.94. The van der Waals surface area contributed by atoms with Gasteiger partial charge in [0, 0.05) is 24.5 Å². The van der Waals surface area contributed by atoms with Gasteiger partial charge < -0.3 is 16.0 Å². The van der Waals surface area contributed by atoms with Crippen LogP contribution in [-0.4, -0.2) is 18.1 Å². The standard InChI is InChI=1S/C15H18N4/c16-14-4-3-5-15(18-14)17-12-6-8-13(9-7-12)19-10-1-2-11-19/h3-9H,1-2,10-11H2,(H3,16,17,18). The predicted molar refractivity (Wildman–Crippen MR) is 79.8 cm³/mol. The summed E-state index contributed by atoms with van der Waals surface area (Å²) in [6.45, 7) is 2.34. The molecule has 98 valence electrons. The van der Waals surface area contributed by atoms with Gasteiger partial charge in [0.25, 0.3) is 0 Å². The zero-order chi connectivity index (χ0) is 13.1. The van der Waals surface area contributed by atoms with Gasteiger partial charge in [0.1, 0.15) is 11.6 Å². The summed E-state index contributed by atoms with van der Waals surface area (Å²) in [5, 5.41) is 3.25. The van der Waals surface area contributed by atoms with Crippen molar-refractivity contribution in [2.24, 2.45) is 0 Å². The van der Waals surface area contributed by atoms with Crippen LogP contribution in [-0.2, 0) is 0 Å². The molecule has 2 aromatic rings. The van der Waals surface area contributed by atoms with Gasteiger partial charge in [-0.2, -0.15) is 0 Å². The zero-order valence-electron chi connectivity index (χ0n) is 10.8. The minimum Gasteiger partial charge on any atom is -0.384 e. The van der Waals surface area contributed by atoms with Gasteiger partial charge in [0.15, 0.2) is 0 Å². The molecule has 1 saturated heterocycles. The van der Waals surface area contributed by atoms with Crippen LogP contribution in [0.2, 0.25) is 0 Å². The maximum atomic E-state index is 5.66. The second kappa shape index (κ2) is 5.18. The highest BCUT2D eigenvalue weighted by atomic mass is 15.1. The normalized spacial score (nSPS) is 14.6. The summed E-state index contributed by atoms with van der Waals surface area (Å²) in [5.74, 6) is 1.30. The lowest BCUT2D eigenvalue weighted by molar-refractivity contribution is 0.949. The van der Waals surface area contributed by atoms with Crippen molar-refractivity contribution in [3.63, 3.8) is 0 Å². The number of rotatable bonds is 3.